The molecule has 27 heavy (non-hydrogen) atoms. The Labute approximate surface area is 168 Å². The molecule has 0 aliphatic carbocycles. The van der Waals surface area contributed by atoms with Crippen molar-refractivity contribution in [1.29, 1.82) is 0 Å². The van der Waals surface area contributed by atoms with E-state index in [0.717, 1.165) is 16.9 Å². The molecular formula is C20H20ClN3O2S. The maximum Gasteiger partial charge on any atom is 0.255 e. The second-order valence-electron chi connectivity index (χ2n) is 6.21. The molecule has 0 saturated heterocycles. The molecule has 0 aromatic heterocycles. The zero-order valence-corrected chi connectivity index (χ0v) is 16.8. The third-order valence-corrected chi connectivity index (χ3v) is 5.11. The highest BCUT2D eigenvalue weighted by Crippen LogP contribution is 2.30. The van der Waals surface area contributed by atoms with Crippen molar-refractivity contribution in [3.05, 3.63) is 69.9 Å². The summed E-state index contributed by atoms with van der Waals surface area (Å²) in [4.78, 5) is 13.1. The lowest BCUT2D eigenvalue weighted by Gasteiger charge is -2.30. The number of carbonyl (C=O) groups is 1. The molecule has 1 atom stereocenters. The summed E-state index contributed by atoms with van der Waals surface area (Å²) in [5.74, 6) is 0.526. The molecule has 1 heterocycles. The van der Waals surface area contributed by atoms with Gasteiger partial charge in [0.1, 0.15) is 5.75 Å². The highest BCUT2D eigenvalue weighted by Gasteiger charge is 2.30. The van der Waals surface area contributed by atoms with E-state index in [1.165, 1.54) is 0 Å². The quantitative estimate of drug-likeness (QED) is 0.673. The normalized spacial score (nSPS) is 16.4. The molecule has 140 valence electrons. The maximum absolute atomic E-state index is 13.1. The first-order chi connectivity index (χ1) is 12.9. The van der Waals surface area contributed by atoms with Crippen LogP contribution in [0.15, 0.2) is 53.7 Å². The van der Waals surface area contributed by atoms with Gasteiger partial charge < -0.3 is 20.7 Å². The van der Waals surface area contributed by atoms with Gasteiger partial charge in [0.25, 0.3) is 5.91 Å². The Balaban J connectivity index is 1.95. The zero-order valence-electron chi connectivity index (χ0n) is 15.2. The number of nitrogens with one attached hydrogen (secondary N) is 3. The first-order valence-electron chi connectivity index (χ1n) is 8.39. The van der Waals surface area contributed by atoms with Crippen molar-refractivity contribution in [2.24, 2.45) is 0 Å². The van der Waals surface area contributed by atoms with Gasteiger partial charge in [0.05, 0.1) is 18.7 Å². The fourth-order valence-electron chi connectivity index (χ4n) is 2.97. The number of allylic oxidation sites excluding steroid dienone is 1. The summed E-state index contributed by atoms with van der Waals surface area (Å²) in [5, 5.41) is 10.2. The van der Waals surface area contributed by atoms with Crippen LogP contribution in [0.3, 0.4) is 0 Å². The van der Waals surface area contributed by atoms with Crippen molar-refractivity contribution in [1.82, 2.24) is 10.6 Å². The second kappa shape index (κ2) is 7.98. The van der Waals surface area contributed by atoms with E-state index < -0.39 is 0 Å². The first kappa shape index (κ1) is 19.2. The third-order valence-electron chi connectivity index (χ3n) is 4.48. The summed E-state index contributed by atoms with van der Waals surface area (Å²) in [7, 11) is 1.61. The molecule has 1 aliphatic rings. The molecule has 7 heteroatoms. The standard InChI is InChI=1S/C20H20ClN3O2S/c1-11-15(21)5-4-6-16(11)23-19(25)17-12(2)22-20(27)24-18(17)13-7-9-14(26-3)10-8-13/h4-10,18H,1-3H3,(H,23,25)(H2,22,24,27)/t18-/m0/s1. The van der Waals surface area contributed by atoms with Gasteiger partial charge in [0.2, 0.25) is 0 Å². The summed E-state index contributed by atoms with van der Waals surface area (Å²) in [6.45, 7) is 3.70. The Morgan fingerprint density at radius 3 is 2.56 bits per heavy atom. The van der Waals surface area contributed by atoms with Gasteiger partial charge in [-0.3, -0.25) is 4.79 Å². The molecular weight excluding hydrogens is 382 g/mol. The summed E-state index contributed by atoms with van der Waals surface area (Å²) in [6.07, 6.45) is 0. The van der Waals surface area contributed by atoms with E-state index in [1.54, 1.807) is 19.2 Å². The van der Waals surface area contributed by atoms with Crippen molar-refractivity contribution >= 4 is 40.5 Å². The van der Waals surface area contributed by atoms with Gasteiger partial charge in [-0.15, -0.1) is 0 Å². The largest absolute Gasteiger partial charge is 0.497 e. The predicted octanol–water partition coefficient (Wildman–Crippen LogP) is 4.09. The van der Waals surface area contributed by atoms with Crippen molar-refractivity contribution in [3.63, 3.8) is 0 Å². The molecule has 2 aromatic rings. The molecule has 1 aliphatic heterocycles. The number of hydrogen-bond acceptors (Lipinski definition) is 3. The Morgan fingerprint density at radius 2 is 1.89 bits per heavy atom. The molecule has 3 N–H and O–H groups in total. The first-order valence-corrected chi connectivity index (χ1v) is 9.18. The van der Waals surface area contributed by atoms with Crippen LogP contribution in [0.4, 0.5) is 5.69 Å². The summed E-state index contributed by atoms with van der Waals surface area (Å²) >= 11 is 11.5. The van der Waals surface area contributed by atoms with Gasteiger partial charge in [0, 0.05) is 16.4 Å². The number of benzene rings is 2. The van der Waals surface area contributed by atoms with E-state index in [0.29, 0.717) is 27.1 Å². The minimum absolute atomic E-state index is 0.221. The second-order valence-corrected chi connectivity index (χ2v) is 7.03. The molecule has 0 unspecified atom stereocenters. The summed E-state index contributed by atoms with van der Waals surface area (Å²) in [6, 6.07) is 12.6. The van der Waals surface area contributed by atoms with Crippen molar-refractivity contribution in [2.75, 3.05) is 12.4 Å². The zero-order chi connectivity index (χ0) is 19.6. The van der Waals surface area contributed by atoms with E-state index in [4.69, 9.17) is 28.6 Å². The van der Waals surface area contributed by atoms with Crippen LogP contribution in [0, 0.1) is 6.92 Å². The molecule has 2 aromatic carbocycles. The molecule has 0 spiro atoms. The number of rotatable bonds is 4. The van der Waals surface area contributed by atoms with Gasteiger partial charge in [-0.1, -0.05) is 29.8 Å². The van der Waals surface area contributed by atoms with E-state index >= 15 is 0 Å². The lowest BCUT2D eigenvalue weighted by atomic mass is 9.94. The van der Waals surface area contributed by atoms with Gasteiger partial charge in [-0.05, 0) is 61.5 Å². The third kappa shape index (κ3) is 4.07. The topological polar surface area (TPSA) is 62.4 Å². The Morgan fingerprint density at radius 1 is 1.19 bits per heavy atom. The number of carbonyl (C=O) groups excluding carboxylic acids is 1. The van der Waals surface area contributed by atoms with Crippen LogP contribution >= 0.6 is 23.8 Å². The molecule has 0 saturated carbocycles. The average Bonchev–Trinajstić information content (AvgIpc) is 2.64. The Kier molecular flexibility index (Phi) is 5.68. The minimum atomic E-state index is -0.371. The van der Waals surface area contributed by atoms with Crippen LogP contribution in [-0.4, -0.2) is 18.1 Å². The van der Waals surface area contributed by atoms with Crippen LogP contribution in [0.2, 0.25) is 5.02 Å². The van der Waals surface area contributed by atoms with Crippen LogP contribution in [0.5, 0.6) is 5.75 Å². The fourth-order valence-corrected chi connectivity index (χ4v) is 3.42. The highest BCUT2D eigenvalue weighted by molar-refractivity contribution is 7.80. The monoisotopic (exact) mass is 401 g/mol. The van der Waals surface area contributed by atoms with Crippen LogP contribution in [-0.2, 0) is 4.79 Å². The molecule has 0 bridgehead atoms. The number of methoxy groups -OCH3 is 1. The lowest BCUT2D eigenvalue weighted by molar-refractivity contribution is -0.113. The van der Waals surface area contributed by atoms with Gasteiger partial charge in [0.15, 0.2) is 5.11 Å². The van der Waals surface area contributed by atoms with E-state index in [9.17, 15) is 4.79 Å². The Hall–Kier alpha value is -2.57. The number of anilines is 1. The SMILES string of the molecule is COc1ccc([C@@H]2NC(=S)NC(C)=C2C(=O)Nc2cccc(Cl)c2C)cc1. The lowest BCUT2D eigenvalue weighted by Crippen LogP contribution is -2.45. The van der Waals surface area contributed by atoms with Crippen LogP contribution in [0.25, 0.3) is 0 Å². The fraction of sp³-hybridized carbons (Fsp3) is 0.200. The molecule has 3 rings (SSSR count). The molecule has 1 amide bonds. The van der Waals surface area contributed by atoms with Gasteiger partial charge in [-0.2, -0.15) is 0 Å². The summed E-state index contributed by atoms with van der Waals surface area (Å²) in [5.41, 5.74) is 3.67. The summed E-state index contributed by atoms with van der Waals surface area (Å²) < 4.78 is 5.21. The van der Waals surface area contributed by atoms with Gasteiger partial charge in [-0.25, -0.2) is 0 Å². The smallest absolute Gasteiger partial charge is 0.255 e. The Bertz CT molecular complexity index is 925. The van der Waals surface area contributed by atoms with E-state index in [1.807, 2.05) is 44.2 Å². The number of thiocarbonyl (C=S) groups is 1. The van der Waals surface area contributed by atoms with E-state index in [2.05, 4.69) is 16.0 Å². The molecule has 5 nitrogen and oxygen atoms in total. The highest BCUT2D eigenvalue weighted by atomic mass is 35.5. The van der Waals surface area contributed by atoms with Crippen LogP contribution in [0.1, 0.15) is 24.1 Å². The average molecular weight is 402 g/mol. The minimum Gasteiger partial charge on any atom is -0.497 e. The number of hydrogen-bond donors (Lipinski definition) is 3. The number of amides is 1. The maximum atomic E-state index is 13.1. The van der Waals surface area contributed by atoms with Gasteiger partial charge >= 0.3 is 0 Å². The van der Waals surface area contributed by atoms with E-state index in [-0.39, 0.29) is 11.9 Å². The molecule has 0 fully saturated rings. The predicted molar refractivity (Wildman–Crippen MR) is 112 cm³/mol. The van der Waals surface area contributed by atoms with Crippen LogP contribution < -0.4 is 20.7 Å². The number of ether oxygens (including phenoxy) is 1. The van der Waals surface area contributed by atoms with Crippen molar-refractivity contribution in [2.45, 2.75) is 19.9 Å². The van der Waals surface area contributed by atoms with Crippen molar-refractivity contribution < 1.29 is 9.53 Å². The van der Waals surface area contributed by atoms with Crippen molar-refractivity contribution in [3.8, 4) is 5.75 Å². The number of halogens is 1. The molecule has 0 radical (unpaired) electrons.